The molecule has 0 bridgehead atoms. The van der Waals surface area contributed by atoms with Crippen LogP contribution in [0.1, 0.15) is 84.9 Å². The molecule has 2 saturated heterocycles. The molecule has 4 rings (SSSR count). The van der Waals surface area contributed by atoms with Crippen molar-refractivity contribution in [1.82, 2.24) is 9.80 Å². The van der Waals surface area contributed by atoms with Crippen molar-refractivity contribution in [3.63, 3.8) is 0 Å². The van der Waals surface area contributed by atoms with Gasteiger partial charge < -0.3 is 19.3 Å². The van der Waals surface area contributed by atoms with E-state index < -0.39 is 0 Å². The van der Waals surface area contributed by atoms with Gasteiger partial charge in [-0.2, -0.15) is 0 Å². The lowest BCUT2D eigenvalue weighted by Crippen LogP contribution is -2.37. The summed E-state index contributed by atoms with van der Waals surface area (Å²) in [5.41, 5.74) is 1.53. The van der Waals surface area contributed by atoms with Gasteiger partial charge in [0.1, 0.15) is 11.5 Å². The van der Waals surface area contributed by atoms with E-state index in [1.807, 2.05) is 48.5 Å². The fourth-order valence-electron chi connectivity index (χ4n) is 6.28. The van der Waals surface area contributed by atoms with E-state index in [9.17, 15) is 9.59 Å². The molecule has 0 aliphatic carbocycles. The predicted octanol–water partition coefficient (Wildman–Crippen LogP) is 6.53. The number of carbonyl (C=O) groups excluding carboxylic acids is 2. The summed E-state index contributed by atoms with van der Waals surface area (Å²) < 4.78 is 10.6. The molecule has 2 aliphatic heterocycles. The Morgan fingerprint density at radius 2 is 0.950 bits per heavy atom. The van der Waals surface area contributed by atoms with Crippen LogP contribution in [-0.4, -0.2) is 74.9 Å². The lowest BCUT2D eigenvalue weighted by Gasteiger charge is -2.31. The fraction of sp³-hybridized carbons (Fsp3) is 0.588. The molecule has 2 aromatic carbocycles. The Kier molecular flexibility index (Phi) is 12.0. The third-order valence-electron chi connectivity index (χ3n) is 8.70. The molecule has 6 nitrogen and oxygen atoms in total. The number of hydrogen-bond donors (Lipinski definition) is 0. The zero-order chi connectivity index (χ0) is 28.2. The van der Waals surface area contributed by atoms with E-state index in [-0.39, 0.29) is 23.4 Å². The molecule has 2 fully saturated rings. The van der Waals surface area contributed by atoms with Gasteiger partial charge in [0.2, 0.25) is 0 Å². The quantitative estimate of drug-likeness (QED) is 0.186. The standard InChI is InChI=1S/C34H48N2O4/c1-39-31-17-13-27(14-18-31)33(37)29(25-35-21-7-3-8-22-35)11-5-6-12-30(26-36-23-9-4-10-24-36)34(38)28-15-19-32(40-2)20-16-28/h13-20,29-30H,3-12,21-26H2,1-2H3/t29-,30-/m1/s1. The minimum absolute atomic E-state index is 0.0238. The summed E-state index contributed by atoms with van der Waals surface area (Å²) in [4.78, 5) is 32.2. The van der Waals surface area contributed by atoms with Gasteiger partial charge in [-0.25, -0.2) is 0 Å². The van der Waals surface area contributed by atoms with Gasteiger partial charge in [0, 0.05) is 36.1 Å². The van der Waals surface area contributed by atoms with E-state index in [1.54, 1.807) is 14.2 Å². The second kappa shape index (κ2) is 15.9. The normalized spacial score (nSPS) is 18.1. The van der Waals surface area contributed by atoms with E-state index in [2.05, 4.69) is 9.80 Å². The number of piperidine rings is 2. The van der Waals surface area contributed by atoms with Crippen LogP contribution in [0.25, 0.3) is 0 Å². The van der Waals surface area contributed by atoms with E-state index in [4.69, 9.17) is 9.47 Å². The Morgan fingerprint density at radius 1 is 0.600 bits per heavy atom. The molecule has 0 aromatic heterocycles. The van der Waals surface area contributed by atoms with Crippen molar-refractivity contribution >= 4 is 11.6 Å². The van der Waals surface area contributed by atoms with Crippen LogP contribution in [0.4, 0.5) is 0 Å². The number of carbonyl (C=O) groups is 2. The van der Waals surface area contributed by atoms with Crippen molar-refractivity contribution in [2.45, 2.75) is 64.2 Å². The number of likely N-dealkylation sites (tertiary alicyclic amines) is 2. The van der Waals surface area contributed by atoms with Crippen molar-refractivity contribution in [1.29, 1.82) is 0 Å². The van der Waals surface area contributed by atoms with E-state index in [0.717, 1.165) is 87.6 Å². The van der Waals surface area contributed by atoms with E-state index in [1.165, 1.54) is 38.5 Å². The SMILES string of the molecule is COc1ccc(C(=O)[C@H](CCCC[C@H](CN2CCCCC2)C(=O)c2ccc(OC)cc2)CN2CCCCC2)cc1. The molecular formula is C34H48N2O4. The smallest absolute Gasteiger partial charge is 0.167 e. The third-order valence-corrected chi connectivity index (χ3v) is 8.70. The Bertz CT molecular complexity index is 955. The average Bonchev–Trinajstić information content (AvgIpc) is 3.02. The number of ketones is 2. The highest BCUT2D eigenvalue weighted by Gasteiger charge is 2.26. The van der Waals surface area contributed by atoms with Crippen LogP contribution < -0.4 is 9.47 Å². The fourth-order valence-corrected chi connectivity index (χ4v) is 6.28. The van der Waals surface area contributed by atoms with Crippen LogP contribution >= 0.6 is 0 Å². The number of rotatable bonds is 15. The van der Waals surface area contributed by atoms with Crippen molar-refractivity contribution in [3.8, 4) is 11.5 Å². The second-order valence-corrected chi connectivity index (χ2v) is 11.6. The first-order valence-corrected chi connectivity index (χ1v) is 15.4. The lowest BCUT2D eigenvalue weighted by atomic mass is 9.88. The summed E-state index contributed by atoms with van der Waals surface area (Å²) in [7, 11) is 3.29. The summed E-state index contributed by atoms with van der Waals surface area (Å²) in [6.07, 6.45) is 11.1. The van der Waals surface area contributed by atoms with Crippen molar-refractivity contribution in [2.75, 3.05) is 53.5 Å². The highest BCUT2D eigenvalue weighted by molar-refractivity contribution is 5.98. The van der Waals surface area contributed by atoms with E-state index in [0.29, 0.717) is 0 Å². The predicted molar refractivity (Wildman–Crippen MR) is 161 cm³/mol. The number of unbranched alkanes of at least 4 members (excludes halogenated alkanes) is 1. The summed E-state index contributed by atoms with van der Waals surface area (Å²) in [5, 5.41) is 0. The Balaban J connectivity index is 1.39. The molecule has 40 heavy (non-hydrogen) atoms. The number of hydrogen-bond acceptors (Lipinski definition) is 6. The molecule has 0 radical (unpaired) electrons. The number of ether oxygens (including phenoxy) is 2. The van der Waals surface area contributed by atoms with Crippen LogP contribution in [-0.2, 0) is 0 Å². The van der Waals surface area contributed by atoms with Crippen LogP contribution in [0.15, 0.2) is 48.5 Å². The van der Waals surface area contributed by atoms with Gasteiger partial charge >= 0.3 is 0 Å². The molecule has 2 atom stereocenters. The second-order valence-electron chi connectivity index (χ2n) is 11.6. The van der Waals surface area contributed by atoms with Crippen LogP contribution in [0, 0.1) is 11.8 Å². The first-order valence-electron chi connectivity index (χ1n) is 15.4. The summed E-state index contributed by atoms with van der Waals surface area (Å²) in [6.45, 7) is 5.99. The van der Waals surface area contributed by atoms with Gasteiger partial charge in [-0.3, -0.25) is 9.59 Å². The average molecular weight is 549 g/mol. The van der Waals surface area contributed by atoms with Gasteiger partial charge in [-0.05, 0) is 113 Å². The van der Waals surface area contributed by atoms with Crippen molar-refractivity contribution in [3.05, 3.63) is 59.7 Å². The zero-order valence-electron chi connectivity index (χ0n) is 24.6. The maximum Gasteiger partial charge on any atom is 0.167 e. The van der Waals surface area contributed by atoms with Gasteiger partial charge in [-0.1, -0.05) is 25.7 Å². The van der Waals surface area contributed by atoms with Crippen molar-refractivity contribution in [2.24, 2.45) is 11.8 Å². The minimum Gasteiger partial charge on any atom is -0.497 e. The van der Waals surface area contributed by atoms with Crippen molar-refractivity contribution < 1.29 is 19.1 Å². The van der Waals surface area contributed by atoms with Crippen LogP contribution in [0.2, 0.25) is 0 Å². The van der Waals surface area contributed by atoms with Gasteiger partial charge in [-0.15, -0.1) is 0 Å². The maximum absolute atomic E-state index is 13.6. The molecule has 0 saturated carbocycles. The zero-order valence-corrected chi connectivity index (χ0v) is 24.6. The molecule has 0 spiro atoms. The molecule has 2 heterocycles. The molecule has 0 unspecified atom stereocenters. The van der Waals surface area contributed by atoms with Gasteiger partial charge in [0.15, 0.2) is 11.6 Å². The lowest BCUT2D eigenvalue weighted by molar-refractivity contribution is 0.0833. The molecule has 6 heteroatoms. The van der Waals surface area contributed by atoms with Gasteiger partial charge in [0.05, 0.1) is 14.2 Å². The summed E-state index contributed by atoms with van der Waals surface area (Å²) in [6, 6.07) is 15.1. The highest BCUT2D eigenvalue weighted by Crippen LogP contribution is 2.25. The largest absolute Gasteiger partial charge is 0.497 e. The van der Waals surface area contributed by atoms with Crippen LogP contribution in [0.3, 0.4) is 0 Å². The Labute approximate surface area is 241 Å². The molecule has 2 aromatic rings. The molecule has 0 N–H and O–H groups in total. The Morgan fingerprint density at radius 3 is 1.27 bits per heavy atom. The first-order chi connectivity index (χ1) is 19.6. The van der Waals surface area contributed by atoms with Crippen LogP contribution in [0.5, 0.6) is 11.5 Å². The molecule has 218 valence electrons. The molecule has 2 aliphatic rings. The van der Waals surface area contributed by atoms with E-state index >= 15 is 0 Å². The maximum atomic E-state index is 13.6. The number of nitrogens with zero attached hydrogens (tertiary/aromatic N) is 2. The molecule has 0 amide bonds. The first kappa shape index (κ1) is 30.3. The third kappa shape index (κ3) is 8.90. The monoisotopic (exact) mass is 548 g/mol. The Hall–Kier alpha value is -2.70. The molecular weight excluding hydrogens is 500 g/mol. The number of benzene rings is 2. The topological polar surface area (TPSA) is 59.1 Å². The summed E-state index contributed by atoms with van der Waals surface area (Å²) >= 11 is 0. The minimum atomic E-state index is -0.0238. The summed E-state index contributed by atoms with van der Waals surface area (Å²) in [5.74, 6) is 1.95. The van der Waals surface area contributed by atoms with Gasteiger partial charge in [0.25, 0.3) is 0 Å². The number of Topliss-reactive ketones (excluding diaryl/α,β-unsaturated/α-hetero) is 2. The number of methoxy groups -OCH3 is 2. The highest BCUT2D eigenvalue weighted by atomic mass is 16.5.